The number of carbonyl (C=O) groups is 1. The molecule has 0 saturated heterocycles. The van der Waals surface area contributed by atoms with Crippen molar-refractivity contribution in [2.45, 2.75) is 5.16 Å². The molecule has 1 heterocycles. The quantitative estimate of drug-likeness (QED) is 0.184. The molecule has 0 bridgehead atoms. The highest BCUT2D eigenvalue weighted by Crippen LogP contribution is 2.29. The fraction of sp³-hybridized carbons (Fsp3) is 0.0435. The third-order valence-corrected chi connectivity index (χ3v) is 5.99. The SMILES string of the molecule is O=C(CSc1nnc(-c2ccc(Cl)cc2)n1-c1ccc(Cl)cc1)NN=Cc1ccc(O)cc1O. The van der Waals surface area contributed by atoms with Gasteiger partial charge in [0.25, 0.3) is 5.91 Å². The number of benzene rings is 3. The van der Waals surface area contributed by atoms with E-state index in [0.717, 1.165) is 11.3 Å². The number of phenolic OH excluding ortho intramolecular Hbond substituents is 2. The number of hydrazone groups is 1. The first-order chi connectivity index (χ1) is 16.4. The van der Waals surface area contributed by atoms with E-state index in [1.165, 1.54) is 36.2 Å². The Morgan fingerprint density at radius 1 is 1.00 bits per heavy atom. The predicted octanol–water partition coefficient (Wildman–Crippen LogP) is 4.89. The van der Waals surface area contributed by atoms with Crippen molar-refractivity contribution in [3.63, 3.8) is 0 Å². The molecule has 1 amide bonds. The average molecular weight is 514 g/mol. The maximum absolute atomic E-state index is 12.3. The van der Waals surface area contributed by atoms with Gasteiger partial charge < -0.3 is 10.2 Å². The maximum atomic E-state index is 12.3. The molecule has 8 nitrogen and oxygen atoms in total. The van der Waals surface area contributed by atoms with Crippen LogP contribution >= 0.6 is 35.0 Å². The monoisotopic (exact) mass is 513 g/mol. The molecule has 4 rings (SSSR count). The Hall–Kier alpha value is -3.53. The zero-order chi connectivity index (χ0) is 24.1. The van der Waals surface area contributed by atoms with E-state index in [9.17, 15) is 15.0 Å². The fourth-order valence-corrected chi connectivity index (χ4v) is 3.95. The minimum absolute atomic E-state index is 0.0191. The summed E-state index contributed by atoms with van der Waals surface area (Å²) in [4.78, 5) is 12.3. The summed E-state index contributed by atoms with van der Waals surface area (Å²) in [6, 6.07) is 18.5. The number of rotatable bonds is 7. The lowest BCUT2D eigenvalue weighted by molar-refractivity contribution is -0.118. The lowest BCUT2D eigenvalue weighted by Gasteiger charge is -2.10. The number of aromatic nitrogens is 3. The Labute approximate surface area is 208 Å². The highest BCUT2D eigenvalue weighted by Gasteiger charge is 2.17. The summed E-state index contributed by atoms with van der Waals surface area (Å²) < 4.78 is 1.83. The molecule has 0 unspecified atom stereocenters. The van der Waals surface area contributed by atoms with Gasteiger partial charge in [0, 0.05) is 32.9 Å². The second-order valence-electron chi connectivity index (χ2n) is 6.95. The Kier molecular flexibility index (Phi) is 7.36. The van der Waals surface area contributed by atoms with E-state index in [1.54, 1.807) is 24.3 Å². The lowest BCUT2D eigenvalue weighted by atomic mass is 10.2. The first-order valence-corrected chi connectivity index (χ1v) is 11.6. The Morgan fingerprint density at radius 3 is 2.35 bits per heavy atom. The van der Waals surface area contributed by atoms with Crippen LogP contribution in [0.5, 0.6) is 11.5 Å². The molecule has 0 aliphatic heterocycles. The van der Waals surface area contributed by atoms with E-state index in [-0.39, 0.29) is 23.2 Å². The molecule has 3 N–H and O–H groups in total. The summed E-state index contributed by atoms with van der Waals surface area (Å²) in [6.45, 7) is 0. The summed E-state index contributed by atoms with van der Waals surface area (Å²) in [6.07, 6.45) is 1.28. The zero-order valence-corrected chi connectivity index (χ0v) is 19.7. The van der Waals surface area contributed by atoms with Gasteiger partial charge >= 0.3 is 0 Å². The first-order valence-electron chi connectivity index (χ1n) is 9.84. The van der Waals surface area contributed by atoms with E-state index in [1.807, 2.05) is 28.8 Å². The summed E-state index contributed by atoms with van der Waals surface area (Å²) in [5, 5.41) is 33.2. The molecule has 0 spiro atoms. The molecule has 0 saturated carbocycles. The van der Waals surface area contributed by atoms with E-state index in [0.29, 0.717) is 26.6 Å². The molecule has 0 fully saturated rings. The van der Waals surface area contributed by atoms with E-state index in [2.05, 4.69) is 20.7 Å². The second kappa shape index (κ2) is 10.6. The molecule has 11 heteroatoms. The number of nitrogens with one attached hydrogen (secondary N) is 1. The fourth-order valence-electron chi connectivity index (χ4n) is 2.95. The molecule has 34 heavy (non-hydrogen) atoms. The van der Waals surface area contributed by atoms with E-state index >= 15 is 0 Å². The van der Waals surface area contributed by atoms with Gasteiger partial charge in [-0.3, -0.25) is 9.36 Å². The molecule has 4 aromatic rings. The normalized spacial score (nSPS) is 11.1. The van der Waals surface area contributed by atoms with Crippen molar-refractivity contribution in [3.05, 3.63) is 82.3 Å². The van der Waals surface area contributed by atoms with Gasteiger partial charge in [-0.15, -0.1) is 10.2 Å². The van der Waals surface area contributed by atoms with Gasteiger partial charge in [0.15, 0.2) is 11.0 Å². The standard InChI is InChI=1S/C23H17Cl2N5O3S/c24-16-4-1-14(2-5-16)22-28-29-23(30(22)18-8-6-17(25)7-9-18)34-13-21(33)27-26-12-15-3-10-19(31)11-20(15)32/h1-12,31-32H,13H2,(H,27,33). The highest BCUT2D eigenvalue weighted by atomic mass is 35.5. The van der Waals surface area contributed by atoms with Crippen LogP contribution in [0.15, 0.2) is 77.0 Å². The summed E-state index contributed by atoms with van der Waals surface area (Å²) in [5.74, 6) is 0.00239. The minimum Gasteiger partial charge on any atom is -0.508 e. The van der Waals surface area contributed by atoms with Crippen LogP contribution in [-0.2, 0) is 4.79 Å². The number of nitrogens with zero attached hydrogens (tertiary/aromatic N) is 4. The number of hydrogen-bond donors (Lipinski definition) is 3. The van der Waals surface area contributed by atoms with Crippen LogP contribution in [0.25, 0.3) is 17.1 Å². The van der Waals surface area contributed by atoms with Crippen molar-refractivity contribution in [2.75, 3.05) is 5.75 Å². The topological polar surface area (TPSA) is 113 Å². The number of halogens is 2. The van der Waals surface area contributed by atoms with Crippen molar-refractivity contribution < 1.29 is 15.0 Å². The van der Waals surface area contributed by atoms with Crippen molar-refractivity contribution >= 4 is 47.1 Å². The number of thioether (sulfide) groups is 1. The van der Waals surface area contributed by atoms with Crippen LogP contribution in [0, 0.1) is 0 Å². The number of carbonyl (C=O) groups excluding carboxylic acids is 1. The molecular formula is C23H17Cl2N5O3S. The minimum atomic E-state index is -0.377. The molecule has 172 valence electrons. The lowest BCUT2D eigenvalue weighted by Crippen LogP contribution is -2.20. The average Bonchev–Trinajstić information content (AvgIpc) is 3.24. The van der Waals surface area contributed by atoms with Gasteiger partial charge in [-0.2, -0.15) is 5.10 Å². The van der Waals surface area contributed by atoms with Crippen molar-refractivity contribution in [1.29, 1.82) is 0 Å². The molecule has 1 aromatic heterocycles. The van der Waals surface area contributed by atoms with Gasteiger partial charge in [0.05, 0.1) is 12.0 Å². The summed E-state index contributed by atoms with van der Waals surface area (Å²) in [7, 11) is 0. The van der Waals surface area contributed by atoms with Crippen LogP contribution in [0.2, 0.25) is 10.0 Å². The molecule has 0 atom stereocenters. The van der Waals surface area contributed by atoms with Crippen LogP contribution < -0.4 is 5.43 Å². The largest absolute Gasteiger partial charge is 0.508 e. The second-order valence-corrected chi connectivity index (χ2v) is 8.77. The predicted molar refractivity (Wildman–Crippen MR) is 133 cm³/mol. The Balaban J connectivity index is 1.51. The van der Waals surface area contributed by atoms with Crippen LogP contribution in [-0.4, -0.2) is 42.9 Å². The van der Waals surface area contributed by atoms with Crippen molar-refractivity contribution in [2.24, 2.45) is 5.10 Å². The van der Waals surface area contributed by atoms with Crippen LogP contribution in [0.3, 0.4) is 0 Å². The van der Waals surface area contributed by atoms with Crippen LogP contribution in [0.4, 0.5) is 0 Å². The Morgan fingerprint density at radius 2 is 1.68 bits per heavy atom. The zero-order valence-electron chi connectivity index (χ0n) is 17.4. The third kappa shape index (κ3) is 5.69. The van der Waals surface area contributed by atoms with Gasteiger partial charge in [-0.1, -0.05) is 35.0 Å². The summed E-state index contributed by atoms with van der Waals surface area (Å²) in [5.41, 5.74) is 4.34. The van der Waals surface area contributed by atoms with Gasteiger partial charge in [-0.25, -0.2) is 5.43 Å². The first kappa shape index (κ1) is 23.6. The van der Waals surface area contributed by atoms with Gasteiger partial charge in [-0.05, 0) is 60.7 Å². The van der Waals surface area contributed by atoms with Gasteiger partial charge in [0.2, 0.25) is 0 Å². The number of aromatic hydroxyl groups is 2. The van der Waals surface area contributed by atoms with Crippen molar-refractivity contribution in [1.82, 2.24) is 20.2 Å². The highest BCUT2D eigenvalue weighted by molar-refractivity contribution is 7.99. The molecular weight excluding hydrogens is 497 g/mol. The van der Waals surface area contributed by atoms with Crippen molar-refractivity contribution in [3.8, 4) is 28.6 Å². The van der Waals surface area contributed by atoms with Gasteiger partial charge in [0.1, 0.15) is 11.5 Å². The number of amides is 1. The summed E-state index contributed by atoms with van der Waals surface area (Å²) >= 11 is 13.2. The van der Waals surface area contributed by atoms with E-state index < -0.39 is 0 Å². The number of hydrogen-bond acceptors (Lipinski definition) is 7. The smallest absolute Gasteiger partial charge is 0.250 e. The van der Waals surface area contributed by atoms with Crippen LogP contribution in [0.1, 0.15) is 5.56 Å². The van der Waals surface area contributed by atoms with E-state index in [4.69, 9.17) is 23.2 Å². The molecule has 0 aliphatic carbocycles. The Bertz CT molecular complexity index is 1340. The molecule has 0 radical (unpaired) electrons. The third-order valence-electron chi connectivity index (χ3n) is 4.56. The molecule has 3 aromatic carbocycles. The number of phenols is 2. The molecule has 0 aliphatic rings. The maximum Gasteiger partial charge on any atom is 0.250 e.